The van der Waals surface area contributed by atoms with Crippen LogP contribution in [0, 0.1) is 0 Å². The van der Waals surface area contributed by atoms with Crippen LogP contribution >= 0.6 is 11.3 Å². The summed E-state index contributed by atoms with van der Waals surface area (Å²) in [6.07, 6.45) is 6.01. The number of benzene rings is 1. The summed E-state index contributed by atoms with van der Waals surface area (Å²) < 4.78 is 1.17. The van der Waals surface area contributed by atoms with Crippen LogP contribution in [0.5, 0.6) is 0 Å². The molecule has 3 rings (SSSR count). The van der Waals surface area contributed by atoms with Crippen LogP contribution in [0.25, 0.3) is 10.1 Å². The lowest BCUT2D eigenvalue weighted by molar-refractivity contribution is 0.100. The van der Waals surface area contributed by atoms with Gasteiger partial charge in [-0.2, -0.15) is 0 Å². The van der Waals surface area contributed by atoms with E-state index in [2.05, 4.69) is 36.9 Å². The number of fused-ring (bicyclic) bond motifs is 1. The Bertz CT molecular complexity index is 692. The first-order valence-electron chi connectivity index (χ1n) is 8.64. The molecule has 2 aromatic rings. The number of primary amides is 1. The molecule has 1 amide bonds. The Labute approximate surface area is 142 Å². The molecule has 2 heterocycles. The molecule has 0 spiro atoms. The molecule has 0 bridgehead atoms. The lowest BCUT2D eigenvalue weighted by atomic mass is 9.97. The topological polar surface area (TPSA) is 46.3 Å². The summed E-state index contributed by atoms with van der Waals surface area (Å²) >= 11 is 1.54. The number of thiophene rings is 1. The maximum Gasteiger partial charge on any atom is 0.259 e. The normalized spacial score (nSPS) is 20.0. The molecule has 2 N–H and O–H groups in total. The zero-order valence-corrected chi connectivity index (χ0v) is 14.9. The second-order valence-corrected chi connectivity index (χ2v) is 7.86. The Balaban J connectivity index is 1.98. The quantitative estimate of drug-likeness (QED) is 0.913. The highest BCUT2D eigenvalue weighted by Crippen LogP contribution is 2.34. The summed E-state index contributed by atoms with van der Waals surface area (Å²) in [7, 11) is 0. The van der Waals surface area contributed by atoms with Gasteiger partial charge < -0.3 is 5.73 Å². The molecule has 1 aliphatic heterocycles. The van der Waals surface area contributed by atoms with E-state index in [0.717, 1.165) is 23.4 Å². The molecule has 0 saturated carbocycles. The molecule has 124 valence electrons. The Hall–Kier alpha value is -1.39. The second-order valence-electron chi connectivity index (χ2n) is 6.81. The maximum atomic E-state index is 11.9. The largest absolute Gasteiger partial charge is 0.365 e. The molecular weight excluding hydrogens is 304 g/mol. The minimum atomic E-state index is -0.286. The predicted octanol–water partition coefficient (Wildman–Crippen LogP) is 4.20. The van der Waals surface area contributed by atoms with E-state index in [-0.39, 0.29) is 5.91 Å². The summed E-state index contributed by atoms with van der Waals surface area (Å²) in [4.78, 5) is 15.3. The van der Waals surface area contributed by atoms with Crippen molar-refractivity contribution in [3.8, 4) is 0 Å². The van der Waals surface area contributed by atoms with Crippen molar-refractivity contribution in [1.29, 1.82) is 0 Å². The molecular formula is C19H26N2OS. The number of carbonyl (C=O) groups is 1. The molecule has 1 aliphatic rings. The van der Waals surface area contributed by atoms with Crippen molar-refractivity contribution in [3.05, 3.63) is 34.7 Å². The van der Waals surface area contributed by atoms with E-state index < -0.39 is 0 Å². The highest BCUT2D eigenvalue weighted by Gasteiger charge is 2.26. The molecule has 1 aromatic heterocycles. The van der Waals surface area contributed by atoms with Gasteiger partial charge in [0.15, 0.2) is 0 Å². The fourth-order valence-corrected chi connectivity index (χ4v) is 4.92. The first-order valence-corrected chi connectivity index (χ1v) is 9.45. The smallest absolute Gasteiger partial charge is 0.259 e. The van der Waals surface area contributed by atoms with Crippen LogP contribution in [0.2, 0.25) is 0 Å². The molecule has 1 saturated heterocycles. The van der Waals surface area contributed by atoms with Crippen LogP contribution in [-0.2, 0) is 6.42 Å². The van der Waals surface area contributed by atoms with Gasteiger partial charge in [-0.3, -0.25) is 9.69 Å². The van der Waals surface area contributed by atoms with Gasteiger partial charge in [0.25, 0.3) is 5.91 Å². The van der Waals surface area contributed by atoms with Crippen molar-refractivity contribution in [3.63, 3.8) is 0 Å². The second kappa shape index (κ2) is 7.02. The number of hydrogen-bond acceptors (Lipinski definition) is 3. The fraction of sp³-hybridized carbons (Fsp3) is 0.526. The van der Waals surface area contributed by atoms with Crippen LogP contribution in [0.1, 0.15) is 54.8 Å². The fourth-order valence-electron chi connectivity index (χ4n) is 3.83. The van der Waals surface area contributed by atoms with Crippen molar-refractivity contribution in [2.24, 2.45) is 5.73 Å². The van der Waals surface area contributed by atoms with E-state index in [9.17, 15) is 4.79 Å². The molecule has 1 aromatic carbocycles. The third-order valence-corrected chi connectivity index (χ3v) is 6.18. The minimum absolute atomic E-state index is 0.286. The lowest BCUT2D eigenvalue weighted by Crippen LogP contribution is -2.41. The third-order valence-electron chi connectivity index (χ3n) is 4.95. The van der Waals surface area contributed by atoms with Crippen LogP contribution in [-0.4, -0.2) is 29.4 Å². The summed E-state index contributed by atoms with van der Waals surface area (Å²) in [6.45, 7) is 5.72. The van der Waals surface area contributed by atoms with Crippen molar-refractivity contribution >= 4 is 27.3 Å². The average molecular weight is 330 g/mol. The zero-order valence-electron chi connectivity index (χ0n) is 14.0. The Morgan fingerprint density at radius 1 is 1.30 bits per heavy atom. The number of hydrogen-bond donors (Lipinski definition) is 1. The van der Waals surface area contributed by atoms with Crippen LogP contribution in [0.4, 0.5) is 0 Å². The Kier molecular flexibility index (Phi) is 5.02. The molecule has 1 atom stereocenters. The van der Waals surface area contributed by atoms with Gasteiger partial charge in [-0.15, -0.1) is 11.3 Å². The summed E-state index contributed by atoms with van der Waals surface area (Å²) in [5.74, 6) is -0.286. The number of nitrogens with two attached hydrogens (primary N) is 1. The zero-order chi connectivity index (χ0) is 16.4. The maximum absolute atomic E-state index is 11.9. The number of rotatable bonds is 4. The van der Waals surface area contributed by atoms with Crippen LogP contribution in [0.15, 0.2) is 24.3 Å². The average Bonchev–Trinajstić information content (AvgIpc) is 2.72. The molecule has 1 fully saturated rings. The van der Waals surface area contributed by atoms with Crippen molar-refractivity contribution in [2.45, 2.75) is 58.0 Å². The van der Waals surface area contributed by atoms with Crippen molar-refractivity contribution < 1.29 is 4.79 Å². The first kappa shape index (κ1) is 16.5. The molecule has 0 radical (unpaired) electrons. The minimum Gasteiger partial charge on any atom is -0.365 e. The Morgan fingerprint density at radius 3 is 2.83 bits per heavy atom. The highest BCUT2D eigenvalue weighted by molar-refractivity contribution is 7.21. The number of carbonyl (C=O) groups excluding carboxylic acids is 1. The van der Waals surface area contributed by atoms with E-state index in [1.54, 1.807) is 11.3 Å². The molecule has 4 heteroatoms. The molecule has 0 aliphatic carbocycles. The van der Waals surface area contributed by atoms with Gasteiger partial charge in [-0.05, 0) is 56.7 Å². The van der Waals surface area contributed by atoms with Crippen LogP contribution < -0.4 is 5.73 Å². The summed E-state index contributed by atoms with van der Waals surface area (Å²) in [6, 6.07) is 9.34. The van der Waals surface area contributed by atoms with E-state index >= 15 is 0 Å². The SMILES string of the molecule is CC(C)N1CCCCC[C@@H]1Cc1c(C(N)=O)sc2ccccc12. The number of nitrogens with zero attached hydrogens (tertiary/aromatic N) is 1. The van der Waals surface area contributed by atoms with Gasteiger partial charge in [-0.25, -0.2) is 0 Å². The van der Waals surface area contributed by atoms with Gasteiger partial charge in [0.1, 0.15) is 0 Å². The number of likely N-dealkylation sites (tertiary alicyclic amines) is 1. The van der Waals surface area contributed by atoms with Crippen molar-refractivity contribution in [2.75, 3.05) is 6.54 Å². The third kappa shape index (κ3) is 3.43. The highest BCUT2D eigenvalue weighted by atomic mass is 32.1. The predicted molar refractivity (Wildman–Crippen MR) is 98.1 cm³/mol. The van der Waals surface area contributed by atoms with E-state index in [1.807, 2.05) is 6.07 Å². The van der Waals surface area contributed by atoms with E-state index in [1.165, 1.54) is 35.8 Å². The molecule has 0 unspecified atom stereocenters. The molecule has 23 heavy (non-hydrogen) atoms. The Morgan fingerprint density at radius 2 is 2.09 bits per heavy atom. The van der Waals surface area contributed by atoms with Gasteiger partial charge in [-0.1, -0.05) is 31.0 Å². The summed E-state index contributed by atoms with van der Waals surface area (Å²) in [5.41, 5.74) is 6.83. The lowest BCUT2D eigenvalue weighted by Gasteiger charge is -2.33. The van der Waals surface area contributed by atoms with E-state index in [0.29, 0.717) is 12.1 Å². The van der Waals surface area contributed by atoms with E-state index in [4.69, 9.17) is 5.73 Å². The van der Waals surface area contributed by atoms with Crippen LogP contribution in [0.3, 0.4) is 0 Å². The monoisotopic (exact) mass is 330 g/mol. The molecule has 3 nitrogen and oxygen atoms in total. The van der Waals surface area contributed by atoms with Gasteiger partial charge >= 0.3 is 0 Å². The number of amides is 1. The summed E-state index contributed by atoms with van der Waals surface area (Å²) in [5, 5.41) is 1.21. The first-order chi connectivity index (χ1) is 11.1. The standard InChI is InChI=1S/C19H26N2OS/c1-13(2)21-11-7-3-4-8-14(21)12-16-15-9-5-6-10-17(15)23-18(16)19(20)22/h5-6,9-10,13-14H,3-4,7-8,11-12H2,1-2H3,(H2,20,22)/t14-/m1/s1. The van der Waals surface area contributed by atoms with Gasteiger partial charge in [0, 0.05) is 16.8 Å². The van der Waals surface area contributed by atoms with Crippen molar-refractivity contribution in [1.82, 2.24) is 4.90 Å². The van der Waals surface area contributed by atoms with Gasteiger partial charge in [0.05, 0.1) is 4.88 Å². The van der Waals surface area contributed by atoms with Gasteiger partial charge in [0.2, 0.25) is 0 Å².